The van der Waals surface area contributed by atoms with Gasteiger partial charge in [0.15, 0.2) is 0 Å². The average molecular weight is 612 g/mol. The molecule has 8 heteroatoms. The molecule has 0 radical (unpaired) electrons. The standard InChI is InChI=1S/C36H41N3O4S/c1-5-30-21-15-16-24-32(30)39(44(42,43)31-22-13-8-14-23-31)27-34(40)38(26-29-19-11-7-12-20-29)33(35(41)37-36(2,3)4)25-28-17-9-6-10-18-28/h6-24,33H,5,25-27H2,1-4H3,(H,37,41)/t33-/m0/s1. The van der Waals surface area contributed by atoms with E-state index in [9.17, 15) is 18.0 Å². The van der Waals surface area contributed by atoms with E-state index in [2.05, 4.69) is 5.32 Å². The predicted octanol–water partition coefficient (Wildman–Crippen LogP) is 6.00. The van der Waals surface area contributed by atoms with Gasteiger partial charge in [0.1, 0.15) is 12.6 Å². The van der Waals surface area contributed by atoms with Crippen molar-refractivity contribution in [2.45, 2.75) is 63.6 Å². The van der Waals surface area contributed by atoms with Crippen LogP contribution in [0.1, 0.15) is 44.4 Å². The topological polar surface area (TPSA) is 86.8 Å². The van der Waals surface area contributed by atoms with Gasteiger partial charge in [-0.1, -0.05) is 104 Å². The Bertz CT molecular complexity index is 1640. The fourth-order valence-electron chi connectivity index (χ4n) is 5.07. The van der Waals surface area contributed by atoms with Crippen molar-refractivity contribution in [1.29, 1.82) is 0 Å². The molecule has 230 valence electrons. The molecule has 0 bridgehead atoms. The molecule has 4 aromatic rings. The Hall–Kier alpha value is -4.43. The van der Waals surface area contributed by atoms with Crippen LogP contribution in [0.25, 0.3) is 0 Å². The lowest BCUT2D eigenvalue weighted by Crippen LogP contribution is -2.56. The summed E-state index contributed by atoms with van der Waals surface area (Å²) in [5.41, 5.74) is 2.40. The number of sulfonamides is 1. The highest BCUT2D eigenvalue weighted by Crippen LogP contribution is 2.28. The molecule has 0 aliphatic heterocycles. The van der Waals surface area contributed by atoms with Crippen LogP contribution in [0.3, 0.4) is 0 Å². The lowest BCUT2D eigenvalue weighted by molar-refractivity contribution is -0.140. The summed E-state index contributed by atoms with van der Waals surface area (Å²) in [6.07, 6.45) is 0.835. The van der Waals surface area contributed by atoms with Crippen LogP contribution in [-0.4, -0.2) is 43.3 Å². The lowest BCUT2D eigenvalue weighted by Gasteiger charge is -2.35. The van der Waals surface area contributed by atoms with Crippen molar-refractivity contribution in [2.75, 3.05) is 10.8 Å². The van der Waals surface area contributed by atoms with Crippen LogP contribution in [0.5, 0.6) is 0 Å². The Morgan fingerprint density at radius 2 is 1.27 bits per heavy atom. The molecule has 0 heterocycles. The van der Waals surface area contributed by atoms with Crippen molar-refractivity contribution in [1.82, 2.24) is 10.2 Å². The van der Waals surface area contributed by atoms with Gasteiger partial charge in [0.05, 0.1) is 10.6 Å². The highest BCUT2D eigenvalue weighted by atomic mass is 32.2. The van der Waals surface area contributed by atoms with E-state index in [1.807, 2.05) is 100 Å². The molecule has 4 rings (SSSR count). The maximum atomic E-state index is 14.6. The van der Waals surface area contributed by atoms with Gasteiger partial charge in [-0.05, 0) is 62.1 Å². The van der Waals surface area contributed by atoms with E-state index in [0.717, 1.165) is 16.7 Å². The summed E-state index contributed by atoms with van der Waals surface area (Å²) in [7, 11) is -4.14. The maximum absolute atomic E-state index is 14.6. The molecule has 0 aromatic heterocycles. The molecule has 0 aliphatic rings. The van der Waals surface area contributed by atoms with Crippen LogP contribution in [0.15, 0.2) is 120 Å². The van der Waals surface area contributed by atoms with E-state index in [-0.39, 0.29) is 23.8 Å². The van der Waals surface area contributed by atoms with Crippen LogP contribution < -0.4 is 9.62 Å². The third-order valence-corrected chi connectivity index (χ3v) is 8.99. The molecule has 0 saturated heterocycles. The summed E-state index contributed by atoms with van der Waals surface area (Å²) in [5.74, 6) is -0.790. The number of nitrogens with zero attached hydrogens (tertiary/aromatic N) is 2. The first-order valence-electron chi connectivity index (χ1n) is 14.8. The number of carbonyl (C=O) groups is 2. The zero-order valence-electron chi connectivity index (χ0n) is 25.8. The number of para-hydroxylation sites is 1. The highest BCUT2D eigenvalue weighted by molar-refractivity contribution is 7.92. The van der Waals surface area contributed by atoms with Crippen molar-refractivity contribution in [2.24, 2.45) is 0 Å². The van der Waals surface area contributed by atoms with E-state index in [4.69, 9.17) is 0 Å². The van der Waals surface area contributed by atoms with Crippen LogP contribution in [0.4, 0.5) is 5.69 Å². The second-order valence-electron chi connectivity index (χ2n) is 11.8. The SMILES string of the molecule is CCc1ccccc1N(CC(=O)N(Cc1ccccc1)[C@@H](Cc1ccccc1)C(=O)NC(C)(C)C)S(=O)(=O)c1ccccc1. The zero-order chi connectivity index (χ0) is 31.7. The van der Waals surface area contributed by atoms with Crippen molar-refractivity contribution in [3.8, 4) is 0 Å². The number of rotatable bonds is 12. The zero-order valence-corrected chi connectivity index (χ0v) is 26.6. The number of hydrogen-bond acceptors (Lipinski definition) is 4. The maximum Gasteiger partial charge on any atom is 0.264 e. The van der Waals surface area contributed by atoms with Gasteiger partial charge in [-0.25, -0.2) is 8.42 Å². The number of benzene rings is 4. The molecule has 1 N–H and O–H groups in total. The fourth-order valence-corrected chi connectivity index (χ4v) is 6.55. The Labute approximate surface area is 261 Å². The minimum Gasteiger partial charge on any atom is -0.350 e. The monoisotopic (exact) mass is 611 g/mol. The molecular weight excluding hydrogens is 570 g/mol. The van der Waals surface area contributed by atoms with Crippen LogP contribution in [0, 0.1) is 0 Å². The molecule has 0 spiro atoms. The first-order valence-corrected chi connectivity index (χ1v) is 16.3. The number of anilines is 1. The van der Waals surface area contributed by atoms with Gasteiger partial charge in [0.2, 0.25) is 11.8 Å². The largest absolute Gasteiger partial charge is 0.350 e. The molecule has 0 unspecified atom stereocenters. The smallest absolute Gasteiger partial charge is 0.264 e. The number of amides is 2. The van der Waals surface area contributed by atoms with Crippen LogP contribution in [-0.2, 0) is 39.0 Å². The molecule has 2 amide bonds. The quantitative estimate of drug-likeness (QED) is 0.213. The van der Waals surface area contributed by atoms with E-state index < -0.39 is 34.1 Å². The van der Waals surface area contributed by atoms with Crippen molar-refractivity contribution in [3.63, 3.8) is 0 Å². The minimum absolute atomic E-state index is 0.0830. The summed E-state index contributed by atoms with van der Waals surface area (Å²) in [6.45, 7) is 7.28. The minimum atomic E-state index is -4.14. The average Bonchev–Trinajstić information content (AvgIpc) is 3.02. The van der Waals surface area contributed by atoms with Crippen molar-refractivity contribution in [3.05, 3.63) is 132 Å². The first-order chi connectivity index (χ1) is 21.0. The van der Waals surface area contributed by atoms with Gasteiger partial charge >= 0.3 is 0 Å². The fraction of sp³-hybridized carbons (Fsp3) is 0.278. The number of carbonyl (C=O) groups excluding carboxylic acids is 2. The van der Waals surface area contributed by atoms with E-state index >= 15 is 0 Å². The third kappa shape index (κ3) is 8.35. The normalized spacial score (nSPS) is 12.3. The Morgan fingerprint density at radius 3 is 1.84 bits per heavy atom. The molecular formula is C36H41N3O4S. The second kappa shape index (κ2) is 14.4. The molecule has 7 nitrogen and oxygen atoms in total. The summed E-state index contributed by atoms with van der Waals surface area (Å²) < 4.78 is 29.5. The third-order valence-electron chi connectivity index (χ3n) is 7.22. The van der Waals surface area contributed by atoms with Crippen LogP contribution in [0.2, 0.25) is 0 Å². The van der Waals surface area contributed by atoms with Gasteiger partial charge in [-0.2, -0.15) is 0 Å². The molecule has 0 fully saturated rings. The van der Waals surface area contributed by atoms with Gasteiger partial charge in [0, 0.05) is 18.5 Å². The Kier molecular flexibility index (Phi) is 10.6. The number of aryl methyl sites for hydroxylation is 1. The molecule has 0 saturated carbocycles. The molecule has 0 aliphatic carbocycles. The van der Waals surface area contributed by atoms with Gasteiger partial charge in [-0.15, -0.1) is 0 Å². The van der Waals surface area contributed by atoms with Crippen molar-refractivity contribution >= 4 is 27.5 Å². The second-order valence-corrected chi connectivity index (χ2v) is 13.6. The summed E-state index contributed by atoms with van der Waals surface area (Å²) in [5, 5.41) is 3.06. The molecule has 44 heavy (non-hydrogen) atoms. The molecule has 1 atom stereocenters. The first kappa shape index (κ1) is 32.5. The van der Waals surface area contributed by atoms with E-state index in [1.165, 1.54) is 21.3 Å². The van der Waals surface area contributed by atoms with Gasteiger partial charge in [0.25, 0.3) is 10.0 Å². The van der Waals surface area contributed by atoms with E-state index in [0.29, 0.717) is 12.1 Å². The Morgan fingerprint density at radius 1 is 0.750 bits per heavy atom. The highest BCUT2D eigenvalue weighted by Gasteiger charge is 2.36. The summed E-state index contributed by atoms with van der Waals surface area (Å²) in [6, 6.07) is 33.4. The van der Waals surface area contributed by atoms with Crippen molar-refractivity contribution < 1.29 is 18.0 Å². The Balaban J connectivity index is 1.82. The van der Waals surface area contributed by atoms with E-state index in [1.54, 1.807) is 30.3 Å². The lowest BCUT2D eigenvalue weighted by atomic mass is 10.0. The summed E-state index contributed by atoms with van der Waals surface area (Å²) in [4.78, 5) is 30.1. The molecule has 4 aromatic carbocycles. The predicted molar refractivity (Wildman–Crippen MR) is 176 cm³/mol. The van der Waals surface area contributed by atoms with Gasteiger partial charge < -0.3 is 10.2 Å². The summed E-state index contributed by atoms with van der Waals surface area (Å²) >= 11 is 0. The number of nitrogens with one attached hydrogen (secondary N) is 1. The van der Waals surface area contributed by atoms with Crippen LogP contribution >= 0.6 is 0 Å². The number of hydrogen-bond donors (Lipinski definition) is 1. The van der Waals surface area contributed by atoms with Gasteiger partial charge in [-0.3, -0.25) is 13.9 Å².